The van der Waals surface area contributed by atoms with Crippen LogP contribution >= 0.6 is 0 Å². The van der Waals surface area contributed by atoms with Crippen molar-refractivity contribution < 1.29 is 18.7 Å². The number of carbonyl (C=O) groups is 2. The third-order valence-corrected chi connectivity index (χ3v) is 2.43. The van der Waals surface area contributed by atoms with Gasteiger partial charge in [-0.2, -0.15) is 0 Å². The molecule has 4 heteroatoms. The van der Waals surface area contributed by atoms with Crippen molar-refractivity contribution in [2.45, 2.75) is 33.6 Å². The predicted molar refractivity (Wildman–Crippen MR) is 63.2 cm³/mol. The Morgan fingerprint density at radius 2 is 2.06 bits per heavy atom. The van der Waals surface area contributed by atoms with Crippen LogP contribution in [0.25, 0.3) is 0 Å². The van der Waals surface area contributed by atoms with Crippen molar-refractivity contribution in [3.63, 3.8) is 0 Å². The van der Waals surface area contributed by atoms with Gasteiger partial charge in [0.15, 0.2) is 5.78 Å². The third-order valence-electron chi connectivity index (χ3n) is 2.43. The average molecular weight is 238 g/mol. The molecule has 0 unspecified atom stereocenters. The summed E-state index contributed by atoms with van der Waals surface area (Å²) < 4.78 is 10.3. The quantitative estimate of drug-likeness (QED) is 0.416. The van der Waals surface area contributed by atoms with Crippen LogP contribution in [0, 0.1) is 13.8 Å². The van der Waals surface area contributed by atoms with Crippen molar-refractivity contribution in [2.24, 2.45) is 0 Å². The molecule has 1 aromatic heterocycles. The summed E-state index contributed by atoms with van der Waals surface area (Å²) in [6, 6.07) is 1.67. The smallest absolute Gasteiger partial charge is 0.173 e. The molecule has 0 spiro atoms. The molecule has 0 fully saturated rings. The molecule has 4 nitrogen and oxygen atoms in total. The van der Waals surface area contributed by atoms with E-state index < -0.39 is 0 Å². The Balaban J connectivity index is 2.49. The molecule has 0 amide bonds. The Morgan fingerprint density at radius 3 is 2.59 bits per heavy atom. The lowest BCUT2D eigenvalue weighted by atomic mass is 10.1. The Bertz CT molecular complexity index is 404. The van der Waals surface area contributed by atoms with Crippen molar-refractivity contribution in [3.8, 4) is 0 Å². The van der Waals surface area contributed by atoms with Crippen molar-refractivity contribution in [2.75, 3.05) is 13.2 Å². The fourth-order valence-electron chi connectivity index (χ4n) is 1.60. The van der Waals surface area contributed by atoms with Crippen molar-refractivity contribution >= 4 is 11.6 Å². The van der Waals surface area contributed by atoms with E-state index in [1.807, 2.05) is 6.92 Å². The van der Waals surface area contributed by atoms with Gasteiger partial charge < -0.3 is 9.15 Å². The van der Waals surface area contributed by atoms with Gasteiger partial charge in [-0.05, 0) is 26.8 Å². The minimum Gasteiger partial charge on any atom is -0.466 e. The van der Waals surface area contributed by atoms with E-state index in [1.165, 1.54) is 0 Å². The summed E-state index contributed by atoms with van der Waals surface area (Å²) in [6.45, 7) is 6.34. The number of furan rings is 1. The lowest BCUT2D eigenvalue weighted by Gasteiger charge is -2.00. The van der Waals surface area contributed by atoms with E-state index in [4.69, 9.17) is 9.15 Å². The average Bonchev–Trinajstić information content (AvgIpc) is 2.58. The molecule has 0 N–H and O–H groups in total. The molecule has 0 aliphatic heterocycles. The fourth-order valence-corrected chi connectivity index (χ4v) is 1.60. The molecule has 17 heavy (non-hydrogen) atoms. The van der Waals surface area contributed by atoms with Crippen molar-refractivity contribution in [3.05, 3.63) is 23.2 Å². The zero-order valence-electron chi connectivity index (χ0n) is 10.5. The molecule has 94 valence electrons. The lowest BCUT2D eigenvalue weighted by molar-refractivity contribution is -0.119. The van der Waals surface area contributed by atoms with Gasteiger partial charge in [-0.15, -0.1) is 0 Å². The molecule has 0 radical (unpaired) electrons. The Kier molecular flexibility index (Phi) is 5.10. The van der Waals surface area contributed by atoms with Crippen LogP contribution < -0.4 is 0 Å². The van der Waals surface area contributed by atoms with Gasteiger partial charge in [-0.3, -0.25) is 9.59 Å². The standard InChI is InChI=1S/C13H18O4/c1-4-16-6-5-11(14)8-13(15)12-7-9(2)17-10(12)3/h7H,4-6,8H2,1-3H3. The van der Waals surface area contributed by atoms with Crippen LogP contribution in [-0.4, -0.2) is 24.8 Å². The SMILES string of the molecule is CCOCCC(=O)CC(=O)c1cc(C)oc1C. The molecule has 0 aliphatic carbocycles. The van der Waals surface area contributed by atoms with E-state index in [0.29, 0.717) is 30.3 Å². The summed E-state index contributed by atoms with van der Waals surface area (Å²) in [7, 11) is 0. The van der Waals surface area contributed by atoms with Gasteiger partial charge in [-0.1, -0.05) is 0 Å². The lowest BCUT2D eigenvalue weighted by Crippen LogP contribution is -2.10. The number of aryl methyl sites for hydroxylation is 2. The molecule has 0 saturated heterocycles. The van der Waals surface area contributed by atoms with E-state index >= 15 is 0 Å². The minimum absolute atomic E-state index is 0.0765. The number of hydrogen-bond donors (Lipinski definition) is 0. The van der Waals surface area contributed by atoms with Crippen LogP contribution in [0.3, 0.4) is 0 Å². The van der Waals surface area contributed by atoms with Crippen LogP contribution in [0.1, 0.15) is 41.6 Å². The van der Waals surface area contributed by atoms with Crippen LogP contribution in [0.15, 0.2) is 10.5 Å². The van der Waals surface area contributed by atoms with Crippen LogP contribution in [0.5, 0.6) is 0 Å². The van der Waals surface area contributed by atoms with E-state index in [-0.39, 0.29) is 24.4 Å². The second-order valence-electron chi connectivity index (χ2n) is 3.91. The van der Waals surface area contributed by atoms with Crippen LogP contribution in [-0.2, 0) is 9.53 Å². The summed E-state index contributed by atoms with van der Waals surface area (Å²) in [6.07, 6.45) is 0.211. The Labute approximate surface area is 101 Å². The molecule has 1 heterocycles. The van der Waals surface area contributed by atoms with E-state index in [2.05, 4.69) is 0 Å². The highest BCUT2D eigenvalue weighted by molar-refractivity contribution is 6.08. The monoisotopic (exact) mass is 238 g/mol. The first-order valence-electron chi connectivity index (χ1n) is 5.74. The van der Waals surface area contributed by atoms with Crippen molar-refractivity contribution in [1.29, 1.82) is 0 Å². The molecule has 0 bridgehead atoms. The largest absolute Gasteiger partial charge is 0.466 e. The number of ether oxygens (including phenoxy) is 1. The number of ketones is 2. The first-order valence-corrected chi connectivity index (χ1v) is 5.74. The van der Waals surface area contributed by atoms with E-state index in [1.54, 1.807) is 19.9 Å². The summed E-state index contributed by atoms with van der Waals surface area (Å²) >= 11 is 0. The second-order valence-corrected chi connectivity index (χ2v) is 3.91. The Hall–Kier alpha value is -1.42. The van der Waals surface area contributed by atoms with Gasteiger partial charge in [0.1, 0.15) is 17.3 Å². The van der Waals surface area contributed by atoms with Crippen molar-refractivity contribution in [1.82, 2.24) is 0 Å². The molecular weight excluding hydrogens is 220 g/mol. The van der Waals surface area contributed by atoms with Crippen LogP contribution in [0.2, 0.25) is 0 Å². The fraction of sp³-hybridized carbons (Fsp3) is 0.538. The summed E-state index contributed by atoms with van der Waals surface area (Å²) in [5.74, 6) is 0.986. The summed E-state index contributed by atoms with van der Waals surface area (Å²) in [5, 5.41) is 0. The number of hydrogen-bond acceptors (Lipinski definition) is 4. The van der Waals surface area contributed by atoms with Gasteiger partial charge in [0.25, 0.3) is 0 Å². The topological polar surface area (TPSA) is 56.5 Å². The zero-order chi connectivity index (χ0) is 12.8. The molecule has 0 aliphatic rings. The van der Waals surface area contributed by atoms with E-state index in [9.17, 15) is 9.59 Å². The van der Waals surface area contributed by atoms with Gasteiger partial charge in [0.05, 0.1) is 18.6 Å². The molecule has 0 aromatic carbocycles. The number of rotatable bonds is 7. The third kappa shape index (κ3) is 4.15. The first-order chi connectivity index (χ1) is 8.04. The van der Waals surface area contributed by atoms with Crippen LogP contribution in [0.4, 0.5) is 0 Å². The number of carbonyl (C=O) groups excluding carboxylic acids is 2. The summed E-state index contributed by atoms with van der Waals surface area (Å²) in [5.41, 5.74) is 0.507. The highest BCUT2D eigenvalue weighted by Gasteiger charge is 2.16. The summed E-state index contributed by atoms with van der Waals surface area (Å²) in [4.78, 5) is 23.3. The van der Waals surface area contributed by atoms with E-state index in [0.717, 1.165) is 0 Å². The van der Waals surface area contributed by atoms with Gasteiger partial charge >= 0.3 is 0 Å². The van der Waals surface area contributed by atoms with Gasteiger partial charge in [-0.25, -0.2) is 0 Å². The minimum atomic E-state index is -0.180. The molecule has 1 aromatic rings. The normalized spacial score (nSPS) is 10.5. The molecule has 1 rings (SSSR count). The zero-order valence-corrected chi connectivity index (χ0v) is 10.5. The number of Topliss-reactive ketones (excluding diaryl/α,β-unsaturated/α-hetero) is 2. The maximum absolute atomic E-state index is 11.8. The Morgan fingerprint density at radius 1 is 1.35 bits per heavy atom. The molecule has 0 atom stereocenters. The maximum Gasteiger partial charge on any atom is 0.173 e. The maximum atomic E-state index is 11.8. The molecular formula is C13H18O4. The van der Waals surface area contributed by atoms with Gasteiger partial charge in [0, 0.05) is 13.0 Å². The molecule has 0 saturated carbocycles. The predicted octanol–water partition coefficient (Wildman–Crippen LogP) is 2.46. The highest BCUT2D eigenvalue weighted by atomic mass is 16.5. The van der Waals surface area contributed by atoms with Gasteiger partial charge in [0.2, 0.25) is 0 Å². The second kappa shape index (κ2) is 6.35. The first kappa shape index (κ1) is 13.6. The highest BCUT2D eigenvalue weighted by Crippen LogP contribution is 2.15.